The van der Waals surface area contributed by atoms with E-state index in [1.807, 2.05) is 13.8 Å². The molecule has 80 valence electrons. The van der Waals surface area contributed by atoms with Gasteiger partial charge in [0.1, 0.15) is 0 Å². The zero-order chi connectivity index (χ0) is 10.4. The normalized spacial score (nSPS) is 15.4. The lowest BCUT2D eigenvalue weighted by molar-refractivity contribution is 0.0476. The Kier molecular flexibility index (Phi) is 5.11. The molecular weight excluding hydrogens is 196 g/mol. The fourth-order valence-electron chi connectivity index (χ4n) is 1.40. The van der Waals surface area contributed by atoms with Crippen molar-refractivity contribution in [3.8, 4) is 0 Å². The summed E-state index contributed by atoms with van der Waals surface area (Å²) in [5, 5.41) is 4.22. The molecule has 0 fully saturated rings. The molecule has 2 unspecified atom stereocenters. The minimum atomic E-state index is 0.143. The van der Waals surface area contributed by atoms with Gasteiger partial charge in [0, 0.05) is 6.61 Å². The van der Waals surface area contributed by atoms with Crippen LogP contribution in [0.3, 0.4) is 0 Å². The minimum Gasteiger partial charge on any atom is -0.377 e. The molecule has 0 aromatic carbocycles. The van der Waals surface area contributed by atoms with E-state index in [0.29, 0.717) is 0 Å². The topological polar surface area (TPSA) is 47.3 Å². The second-order valence-electron chi connectivity index (χ2n) is 3.27. The molecule has 0 spiro atoms. The SMILES string of the molecule is CCOC(C)C(Cc1ccsc1)NN. The molecule has 0 amide bonds. The molecule has 0 aliphatic heterocycles. The monoisotopic (exact) mass is 214 g/mol. The predicted octanol–water partition coefficient (Wildman–Crippen LogP) is 1.55. The van der Waals surface area contributed by atoms with Crippen LogP contribution in [0.25, 0.3) is 0 Å². The van der Waals surface area contributed by atoms with Gasteiger partial charge in [-0.05, 0) is 42.7 Å². The molecular formula is C10H18N2OS. The van der Waals surface area contributed by atoms with Crippen LogP contribution < -0.4 is 11.3 Å². The van der Waals surface area contributed by atoms with Crippen molar-refractivity contribution in [2.45, 2.75) is 32.4 Å². The van der Waals surface area contributed by atoms with E-state index in [-0.39, 0.29) is 12.1 Å². The summed E-state index contributed by atoms with van der Waals surface area (Å²) in [6.45, 7) is 4.76. The van der Waals surface area contributed by atoms with E-state index in [1.54, 1.807) is 11.3 Å². The summed E-state index contributed by atoms with van der Waals surface area (Å²) >= 11 is 1.71. The molecule has 4 heteroatoms. The summed E-state index contributed by atoms with van der Waals surface area (Å²) in [5.74, 6) is 5.49. The van der Waals surface area contributed by atoms with Crippen LogP contribution >= 0.6 is 11.3 Å². The van der Waals surface area contributed by atoms with Crippen LogP contribution in [0.5, 0.6) is 0 Å². The Bertz CT molecular complexity index is 238. The van der Waals surface area contributed by atoms with Gasteiger partial charge in [-0.1, -0.05) is 0 Å². The van der Waals surface area contributed by atoms with E-state index < -0.39 is 0 Å². The molecule has 14 heavy (non-hydrogen) atoms. The quantitative estimate of drug-likeness (QED) is 0.558. The lowest BCUT2D eigenvalue weighted by Crippen LogP contribution is -2.45. The van der Waals surface area contributed by atoms with Crippen molar-refractivity contribution < 1.29 is 4.74 Å². The molecule has 3 nitrogen and oxygen atoms in total. The average molecular weight is 214 g/mol. The van der Waals surface area contributed by atoms with Gasteiger partial charge in [-0.2, -0.15) is 11.3 Å². The van der Waals surface area contributed by atoms with Crippen LogP contribution in [0.1, 0.15) is 19.4 Å². The fraction of sp³-hybridized carbons (Fsp3) is 0.600. The first-order chi connectivity index (χ1) is 6.77. The van der Waals surface area contributed by atoms with Gasteiger partial charge in [0.25, 0.3) is 0 Å². The van der Waals surface area contributed by atoms with E-state index in [2.05, 4.69) is 22.3 Å². The molecule has 3 N–H and O–H groups in total. The highest BCUT2D eigenvalue weighted by molar-refractivity contribution is 7.07. The van der Waals surface area contributed by atoms with E-state index in [9.17, 15) is 0 Å². The van der Waals surface area contributed by atoms with Gasteiger partial charge in [0.2, 0.25) is 0 Å². The maximum Gasteiger partial charge on any atom is 0.0716 e. The molecule has 0 aliphatic carbocycles. The highest BCUT2D eigenvalue weighted by atomic mass is 32.1. The van der Waals surface area contributed by atoms with Gasteiger partial charge in [0.15, 0.2) is 0 Å². The van der Waals surface area contributed by atoms with Crippen molar-refractivity contribution in [1.82, 2.24) is 5.43 Å². The molecule has 0 saturated heterocycles. The van der Waals surface area contributed by atoms with Crippen molar-refractivity contribution in [3.05, 3.63) is 22.4 Å². The summed E-state index contributed by atoms with van der Waals surface area (Å²) in [5.41, 5.74) is 4.11. The third-order valence-electron chi connectivity index (χ3n) is 2.25. The van der Waals surface area contributed by atoms with Crippen molar-refractivity contribution in [2.75, 3.05) is 6.61 Å². The highest BCUT2D eigenvalue weighted by Crippen LogP contribution is 2.11. The van der Waals surface area contributed by atoms with Gasteiger partial charge < -0.3 is 4.74 Å². The fourth-order valence-corrected chi connectivity index (χ4v) is 2.08. The van der Waals surface area contributed by atoms with Crippen LogP contribution in [0.4, 0.5) is 0 Å². The number of nitrogens with one attached hydrogen (secondary N) is 1. The first kappa shape index (κ1) is 11.7. The van der Waals surface area contributed by atoms with Gasteiger partial charge in [-0.15, -0.1) is 0 Å². The number of rotatable bonds is 6. The smallest absolute Gasteiger partial charge is 0.0716 e. The number of hydrazine groups is 1. The van der Waals surface area contributed by atoms with Crippen molar-refractivity contribution in [2.24, 2.45) is 5.84 Å². The predicted molar refractivity (Wildman–Crippen MR) is 60.2 cm³/mol. The van der Waals surface area contributed by atoms with Gasteiger partial charge >= 0.3 is 0 Å². The van der Waals surface area contributed by atoms with Crippen LogP contribution in [-0.2, 0) is 11.2 Å². The molecule has 0 aliphatic rings. The lowest BCUT2D eigenvalue weighted by atomic mass is 10.1. The zero-order valence-electron chi connectivity index (χ0n) is 8.69. The Morgan fingerprint density at radius 1 is 1.64 bits per heavy atom. The first-order valence-corrected chi connectivity index (χ1v) is 5.81. The maximum atomic E-state index is 5.50. The van der Waals surface area contributed by atoms with Gasteiger partial charge in [-0.25, -0.2) is 0 Å². The molecule has 2 atom stereocenters. The lowest BCUT2D eigenvalue weighted by Gasteiger charge is -2.22. The highest BCUT2D eigenvalue weighted by Gasteiger charge is 2.16. The Morgan fingerprint density at radius 2 is 2.43 bits per heavy atom. The summed E-state index contributed by atoms with van der Waals surface area (Å²) in [7, 11) is 0. The van der Waals surface area contributed by atoms with Crippen LogP contribution in [-0.4, -0.2) is 18.8 Å². The number of nitrogens with two attached hydrogens (primary N) is 1. The summed E-state index contributed by atoms with van der Waals surface area (Å²) in [4.78, 5) is 0. The molecule has 1 aromatic heterocycles. The molecule has 0 bridgehead atoms. The molecule has 1 rings (SSSR count). The summed E-state index contributed by atoms with van der Waals surface area (Å²) in [6.07, 6.45) is 1.06. The largest absolute Gasteiger partial charge is 0.377 e. The maximum absolute atomic E-state index is 5.50. The summed E-state index contributed by atoms with van der Waals surface area (Å²) in [6, 6.07) is 2.30. The van der Waals surface area contributed by atoms with Crippen molar-refractivity contribution in [3.63, 3.8) is 0 Å². The number of ether oxygens (including phenoxy) is 1. The van der Waals surface area contributed by atoms with E-state index in [0.717, 1.165) is 13.0 Å². The molecule has 1 aromatic rings. The summed E-state index contributed by atoms with van der Waals surface area (Å²) < 4.78 is 5.50. The van der Waals surface area contributed by atoms with E-state index >= 15 is 0 Å². The van der Waals surface area contributed by atoms with E-state index in [1.165, 1.54) is 5.56 Å². The first-order valence-electron chi connectivity index (χ1n) is 4.86. The second kappa shape index (κ2) is 6.14. The van der Waals surface area contributed by atoms with Crippen LogP contribution in [0.15, 0.2) is 16.8 Å². The van der Waals surface area contributed by atoms with Crippen molar-refractivity contribution in [1.29, 1.82) is 0 Å². The van der Waals surface area contributed by atoms with Crippen LogP contribution in [0, 0.1) is 0 Å². The minimum absolute atomic E-state index is 0.143. The Hall–Kier alpha value is -0.420. The average Bonchev–Trinajstić information content (AvgIpc) is 2.66. The third kappa shape index (κ3) is 3.38. The van der Waals surface area contributed by atoms with Gasteiger partial charge in [-0.3, -0.25) is 11.3 Å². The van der Waals surface area contributed by atoms with Crippen LogP contribution in [0.2, 0.25) is 0 Å². The van der Waals surface area contributed by atoms with Gasteiger partial charge in [0.05, 0.1) is 12.1 Å². The molecule has 0 saturated carbocycles. The standard InChI is InChI=1S/C10H18N2OS/c1-3-13-8(2)10(12-11)6-9-4-5-14-7-9/h4-5,7-8,10,12H,3,6,11H2,1-2H3. The zero-order valence-corrected chi connectivity index (χ0v) is 9.51. The molecule has 1 heterocycles. The molecule has 0 radical (unpaired) electrons. The Morgan fingerprint density at radius 3 is 2.93 bits per heavy atom. The number of thiophene rings is 1. The van der Waals surface area contributed by atoms with E-state index in [4.69, 9.17) is 10.6 Å². The number of hydrogen-bond donors (Lipinski definition) is 2. The third-order valence-corrected chi connectivity index (χ3v) is 2.98. The second-order valence-corrected chi connectivity index (χ2v) is 4.05. The Balaban J connectivity index is 2.46. The number of hydrogen-bond acceptors (Lipinski definition) is 4. The van der Waals surface area contributed by atoms with Crippen molar-refractivity contribution >= 4 is 11.3 Å². The Labute approximate surface area is 89.2 Å².